The maximum absolute atomic E-state index is 13.2. The molecule has 0 amide bonds. The molecule has 6 unspecified atom stereocenters. The van der Waals surface area contributed by atoms with E-state index in [4.69, 9.17) is 23.7 Å². The van der Waals surface area contributed by atoms with Crippen LogP contribution in [0.15, 0.2) is 97.2 Å². The number of unbranched alkanes of at least 4 members (excludes halogenated alkanes) is 22. The van der Waals surface area contributed by atoms with Gasteiger partial charge in [0, 0.05) is 19.3 Å². The Balaban J connectivity index is 2.72. The van der Waals surface area contributed by atoms with Crippen LogP contribution in [-0.4, -0.2) is 89.2 Å². The zero-order valence-electron chi connectivity index (χ0n) is 49.6. The summed E-state index contributed by atoms with van der Waals surface area (Å²) in [7, 11) is 0. The quantitative estimate of drug-likeness (QED) is 0.0228. The number of carbonyl (C=O) groups is 4. The van der Waals surface area contributed by atoms with Crippen molar-refractivity contribution >= 4 is 23.9 Å². The highest BCUT2D eigenvalue weighted by molar-refractivity contribution is 5.74. The number of aliphatic hydroxyl groups is 2. The largest absolute Gasteiger partial charge is 0.479 e. The third-order valence-electron chi connectivity index (χ3n) is 13.6. The minimum Gasteiger partial charge on any atom is -0.479 e. The van der Waals surface area contributed by atoms with Crippen molar-refractivity contribution in [2.75, 3.05) is 13.2 Å². The molecule has 0 aromatic heterocycles. The van der Waals surface area contributed by atoms with Crippen LogP contribution < -0.4 is 0 Å². The van der Waals surface area contributed by atoms with Crippen LogP contribution in [0.5, 0.6) is 0 Å². The maximum Gasteiger partial charge on any atom is 0.335 e. The van der Waals surface area contributed by atoms with Crippen molar-refractivity contribution in [1.29, 1.82) is 0 Å². The fraction of sp³-hybridized carbons (Fsp3) is 0.701. The van der Waals surface area contributed by atoms with Crippen molar-refractivity contribution in [2.45, 2.75) is 289 Å². The van der Waals surface area contributed by atoms with E-state index >= 15 is 0 Å². The predicted molar refractivity (Wildman–Crippen MR) is 321 cm³/mol. The monoisotopic (exact) mass is 1110 g/mol. The predicted octanol–water partition coefficient (Wildman–Crippen LogP) is 16.5. The molecule has 450 valence electrons. The number of aliphatic hydroxyl groups excluding tert-OH is 2. The van der Waals surface area contributed by atoms with Gasteiger partial charge < -0.3 is 39.0 Å². The second kappa shape index (κ2) is 54.2. The Kier molecular flexibility index (Phi) is 49.9. The molecule has 0 aromatic carbocycles. The lowest BCUT2D eigenvalue weighted by Crippen LogP contribution is -2.61. The molecule has 0 bridgehead atoms. The van der Waals surface area contributed by atoms with Gasteiger partial charge in [0.05, 0.1) is 6.61 Å². The molecule has 0 spiro atoms. The van der Waals surface area contributed by atoms with Crippen molar-refractivity contribution in [3.63, 3.8) is 0 Å². The molecular formula is C67H110O12. The molecular weight excluding hydrogens is 997 g/mol. The van der Waals surface area contributed by atoms with E-state index in [1.165, 1.54) is 83.5 Å². The van der Waals surface area contributed by atoms with Gasteiger partial charge in [0.2, 0.25) is 0 Å². The Morgan fingerprint density at radius 2 is 0.823 bits per heavy atom. The summed E-state index contributed by atoms with van der Waals surface area (Å²) in [6.45, 7) is 5.83. The first-order chi connectivity index (χ1) is 38.6. The number of allylic oxidation sites excluding steroid dienone is 16. The van der Waals surface area contributed by atoms with Gasteiger partial charge >= 0.3 is 23.9 Å². The second-order valence-corrected chi connectivity index (χ2v) is 20.9. The summed E-state index contributed by atoms with van der Waals surface area (Å²) >= 11 is 0. The van der Waals surface area contributed by atoms with Crippen LogP contribution in [0.4, 0.5) is 0 Å². The first kappa shape index (κ1) is 72.7. The third kappa shape index (κ3) is 44.0. The SMILES string of the molecule is CC/C=C\C/C=C\C/C=C\C/C=C\C/C=C\C/C=C\CCC(=O)OC1C(OCC(COC(=O)CCCCCCCCC/C=C\CCCCCCCC)OC(=O)CCCCCCC/C=C\CCCCCC)OC(C(=O)O)C(O)C1O. The standard InChI is InChI=1S/C67H110O12/c1-4-7-10-13-16-19-22-25-27-29-30-32-34-37-40-43-46-49-52-55-61(70)78-65-63(72)62(71)64(66(73)74)79-67(65)76-57-58(77-60(69)54-51-48-45-42-39-35-24-21-18-15-12-9-6-3)56-75-59(68)53-50-47-44-41-38-36-33-31-28-26-23-20-17-14-11-8-5-2/h7,10,16,19,21,24-28,30,32,37,40,46,49,58,62-65,67,71-72H,4-6,8-9,11-15,17-18,20,22-23,29,31,33-36,38-39,41-45,47-48,50-57H2,1-3H3,(H,73,74)/b10-7-,19-16-,24-21-,27-25-,28-26-,32-30-,40-37-,49-46-. The molecule has 0 aromatic rings. The van der Waals surface area contributed by atoms with E-state index in [1.807, 2.05) is 18.2 Å². The van der Waals surface area contributed by atoms with Crippen molar-refractivity contribution < 1.29 is 58.2 Å². The van der Waals surface area contributed by atoms with E-state index in [-0.39, 0.29) is 25.9 Å². The second-order valence-electron chi connectivity index (χ2n) is 20.9. The molecule has 1 rings (SSSR count). The maximum atomic E-state index is 13.2. The Bertz CT molecular complexity index is 1740. The first-order valence-corrected chi connectivity index (χ1v) is 31.2. The summed E-state index contributed by atoms with van der Waals surface area (Å²) in [5.74, 6) is -3.25. The number of esters is 3. The highest BCUT2D eigenvalue weighted by Crippen LogP contribution is 2.26. The van der Waals surface area contributed by atoms with Crippen molar-refractivity contribution in [3.8, 4) is 0 Å². The highest BCUT2D eigenvalue weighted by Gasteiger charge is 2.50. The number of aliphatic carboxylic acids is 1. The van der Waals surface area contributed by atoms with Gasteiger partial charge in [0.15, 0.2) is 24.6 Å². The molecule has 1 heterocycles. The Morgan fingerprint density at radius 1 is 0.430 bits per heavy atom. The number of hydrogen-bond donors (Lipinski definition) is 3. The minimum absolute atomic E-state index is 0.0692. The number of carboxylic acid groups (broad SMARTS) is 1. The zero-order chi connectivity index (χ0) is 57.5. The lowest BCUT2D eigenvalue weighted by Gasteiger charge is -2.40. The molecule has 12 nitrogen and oxygen atoms in total. The summed E-state index contributed by atoms with van der Waals surface area (Å²) in [5, 5.41) is 31.5. The van der Waals surface area contributed by atoms with E-state index in [9.17, 15) is 34.5 Å². The van der Waals surface area contributed by atoms with Gasteiger partial charge in [-0.1, -0.05) is 221 Å². The van der Waals surface area contributed by atoms with Gasteiger partial charge in [-0.3, -0.25) is 14.4 Å². The van der Waals surface area contributed by atoms with Crippen molar-refractivity contribution in [3.05, 3.63) is 97.2 Å². The summed E-state index contributed by atoms with van der Waals surface area (Å²) in [6.07, 6.45) is 59.5. The zero-order valence-corrected chi connectivity index (χ0v) is 49.6. The molecule has 1 fully saturated rings. The van der Waals surface area contributed by atoms with Crippen LogP contribution >= 0.6 is 0 Å². The Morgan fingerprint density at radius 3 is 1.28 bits per heavy atom. The molecule has 1 saturated heterocycles. The van der Waals surface area contributed by atoms with Crippen molar-refractivity contribution in [2.24, 2.45) is 0 Å². The van der Waals surface area contributed by atoms with Gasteiger partial charge in [0.25, 0.3) is 0 Å². The number of carboxylic acids is 1. The van der Waals surface area contributed by atoms with Crippen molar-refractivity contribution in [1.82, 2.24) is 0 Å². The van der Waals surface area contributed by atoms with Crippen LogP contribution in [0, 0.1) is 0 Å². The summed E-state index contributed by atoms with van der Waals surface area (Å²) in [5.41, 5.74) is 0. The van der Waals surface area contributed by atoms with Gasteiger partial charge in [0.1, 0.15) is 18.8 Å². The van der Waals surface area contributed by atoms with E-state index < -0.39 is 67.3 Å². The van der Waals surface area contributed by atoms with E-state index in [0.29, 0.717) is 25.7 Å². The molecule has 1 aliphatic rings. The lowest BCUT2D eigenvalue weighted by molar-refractivity contribution is -0.301. The molecule has 6 atom stereocenters. The third-order valence-corrected chi connectivity index (χ3v) is 13.6. The summed E-state index contributed by atoms with van der Waals surface area (Å²) in [4.78, 5) is 51.2. The van der Waals surface area contributed by atoms with Gasteiger partial charge in [-0.05, 0) is 109 Å². The summed E-state index contributed by atoms with van der Waals surface area (Å²) < 4.78 is 28.4. The number of hydrogen-bond acceptors (Lipinski definition) is 11. The molecule has 3 N–H and O–H groups in total. The fourth-order valence-electron chi connectivity index (χ4n) is 8.85. The van der Waals surface area contributed by atoms with Crippen LogP contribution in [-0.2, 0) is 42.9 Å². The smallest absolute Gasteiger partial charge is 0.335 e. The number of carbonyl (C=O) groups excluding carboxylic acids is 3. The van der Waals surface area contributed by atoms with Gasteiger partial charge in [-0.2, -0.15) is 0 Å². The molecule has 0 saturated carbocycles. The molecule has 12 heteroatoms. The summed E-state index contributed by atoms with van der Waals surface area (Å²) in [6, 6.07) is 0. The average Bonchev–Trinajstić information content (AvgIpc) is 3.46. The van der Waals surface area contributed by atoms with Crippen LogP contribution in [0.2, 0.25) is 0 Å². The van der Waals surface area contributed by atoms with Crippen LogP contribution in [0.25, 0.3) is 0 Å². The minimum atomic E-state index is -1.93. The van der Waals surface area contributed by atoms with Crippen LogP contribution in [0.1, 0.15) is 252 Å². The Labute approximate surface area is 479 Å². The number of rotatable bonds is 52. The molecule has 79 heavy (non-hydrogen) atoms. The first-order valence-electron chi connectivity index (χ1n) is 31.2. The van der Waals surface area contributed by atoms with Crippen LogP contribution in [0.3, 0.4) is 0 Å². The van der Waals surface area contributed by atoms with Gasteiger partial charge in [-0.15, -0.1) is 0 Å². The fourth-order valence-corrected chi connectivity index (χ4v) is 8.85. The van der Waals surface area contributed by atoms with E-state index in [2.05, 4.69) is 99.8 Å². The molecule has 0 radical (unpaired) electrons. The van der Waals surface area contributed by atoms with E-state index in [0.717, 1.165) is 103 Å². The topological polar surface area (TPSA) is 175 Å². The highest BCUT2D eigenvalue weighted by atomic mass is 16.7. The molecule has 1 aliphatic heterocycles. The normalized spacial score (nSPS) is 18.5. The Hall–Kier alpha value is -4.36. The average molecular weight is 1110 g/mol. The molecule has 0 aliphatic carbocycles. The number of ether oxygens (including phenoxy) is 5. The van der Waals surface area contributed by atoms with Gasteiger partial charge in [-0.25, -0.2) is 4.79 Å². The lowest BCUT2D eigenvalue weighted by atomic mass is 9.98. The van der Waals surface area contributed by atoms with E-state index in [1.54, 1.807) is 0 Å².